The van der Waals surface area contributed by atoms with Crippen LogP contribution in [-0.2, 0) is 4.79 Å². The average Bonchev–Trinajstić information content (AvgIpc) is 2.21. The van der Waals surface area contributed by atoms with Crippen LogP contribution >= 0.6 is 0 Å². The van der Waals surface area contributed by atoms with Gasteiger partial charge in [0.15, 0.2) is 0 Å². The predicted molar refractivity (Wildman–Crippen MR) is 42.8 cm³/mol. The van der Waals surface area contributed by atoms with E-state index in [2.05, 4.69) is 5.32 Å². The van der Waals surface area contributed by atoms with Gasteiger partial charge in [-0.2, -0.15) is 0 Å². The van der Waals surface area contributed by atoms with E-state index in [-0.39, 0.29) is 5.91 Å². The Balaban J connectivity index is 0.000000371. The molecule has 2 nitrogen and oxygen atoms in total. The molecule has 60 valence electrons. The minimum Gasteiger partial charge on any atom is -0.356 e. The first-order chi connectivity index (χ1) is 4.89. The molecule has 0 aromatic heterocycles. The molecule has 0 bridgehead atoms. The Bertz CT molecular complexity index is 81.3. The van der Waals surface area contributed by atoms with Gasteiger partial charge >= 0.3 is 0 Å². The first-order valence-corrected chi connectivity index (χ1v) is 4.16. The van der Waals surface area contributed by atoms with Crippen molar-refractivity contribution in [1.82, 2.24) is 5.32 Å². The molecule has 0 aliphatic carbocycles. The quantitative estimate of drug-likeness (QED) is 0.549. The van der Waals surface area contributed by atoms with Crippen LogP contribution < -0.4 is 5.32 Å². The van der Waals surface area contributed by atoms with E-state index in [1.807, 2.05) is 13.8 Å². The SMILES string of the molecule is CC.O=C1CCCCCN1. The highest BCUT2D eigenvalue weighted by Gasteiger charge is 2.03. The molecule has 0 radical (unpaired) electrons. The number of amides is 1. The number of rotatable bonds is 0. The highest BCUT2D eigenvalue weighted by molar-refractivity contribution is 5.75. The van der Waals surface area contributed by atoms with Gasteiger partial charge in [-0.05, 0) is 12.8 Å². The van der Waals surface area contributed by atoms with Crippen molar-refractivity contribution in [3.63, 3.8) is 0 Å². The summed E-state index contributed by atoms with van der Waals surface area (Å²) in [5.41, 5.74) is 0. The van der Waals surface area contributed by atoms with Gasteiger partial charge in [0.2, 0.25) is 5.91 Å². The maximum atomic E-state index is 10.6. The van der Waals surface area contributed by atoms with Gasteiger partial charge in [-0.25, -0.2) is 0 Å². The summed E-state index contributed by atoms with van der Waals surface area (Å²) in [5.74, 6) is 0.225. The minimum atomic E-state index is 0.225. The lowest BCUT2D eigenvalue weighted by atomic mass is 10.2. The molecule has 2 heteroatoms. The molecule has 1 N–H and O–H groups in total. The zero-order chi connectivity index (χ0) is 7.82. The van der Waals surface area contributed by atoms with Crippen LogP contribution in [-0.4, -0.2) is 12.5 Å². The minimum absolute atomic E-state index is 0.225. The molecular formula is C8H17NO. The molecule has 0 aromatic carbocycles. The largest absolute Gasteiger partial charge is 0.356 e. The van der Waals surface area contributed by atoms with Crippen LogP contribution in [0.5, 0.6) is 0 Å². The summed E-state index contributed by atoms with van der Waals surface area (Å²) in [5, 5.41) is 2.81. The van der Waals surface area contributed by atoms with Gasteiger partial charge in [0.1, 0.15) is 0 Å². The summed E-state index contributed by atoms with van der Waals surface area (Å²) in [4.78, 5) is 10.6. The zero-order valence-electron chi connectivity index (χ0n) is 6.94. The number of hydrogen-bond acceptors (Lipinski definition) is 1. The van der Waals surface area contributed by atoms with Gasteiger partial charge in [-0.1, -0.05) is 20.3 Å². The Morgan fingerprint density at radius 3 is 2.60 bits per heavy atom. The summed E-state index contributed by atoms with van der Waals surface area (Å²) < 4.78 is 0. The summed E-state index contributed by atoms with van der Waals surface area (Å²) in [6.45, 7) is 4.89. The molecule has 0 atom stereocenters. The van der Waals surface area contributed by atoms with Gasteiger partial charge in [0.05, 0.1) is 0 Å². The van der Waals surface area contributed by atoms with E-state index in [1.54, 1.807) is 0 Å². The number of hydrogen-bond donors (Lipinski definition) is 1. The normalized spacial score (nSPS) is 18.0. The third kappa shape index (κ3) is 4.36. The molecule has 1 heterocycles. The van der Waals surface area contributed by atoms with E-state index >= 15 is 0 Å². The Kier molecular flexibility index (Phi) is 6.24. The summed E-state index contributed by atoms with van der Waals surface area (Å²) >= 11 is 0. The first-order valence-electron chi connectivity index (χ1n) is 4.16. The van der Waals surface area contributed by atoms with Crippen LogP contribution in [0.25, 0.3) is 0 Å². The second kappa shape index (κ2) is 6.59. The highest BCUT2D eigenvalue weighted by Crippen LogP contribution is 2.02. The highest BCUT2D eigenvalue weighted by atomic mass is 16.1. The van der Waals surface area contributed by atoms with Crippen LogP contribution in [0.15, 0.2) is 0 Å². The van der Waals surface area contributed by atoms with Crippen molar-refractivity contribution < 1.29 is 4.79 Å². The average molecular weight is 143 g/mol. The van der Waals surface area contributed by atoms with E-state index in [0.717, 1.165) is 25.8 Å². The summed E-state index contributed by atoms with van der Waals surface area (Å²) in [6, 6.07) is 0. The third-order valence-electron chi connectivity index (χ3n) is 1.40. The van der Waals surface area contributed by atoms with Crippen molar-refractivity contribution in [2.75, 3.05) is 6.54 Å². The monoisotopic (exact) mass is 143 g/mol. The second-order valence-electron chi connectivity index (χ2n) is 2.16. The molecule has 1 aliphatic heterocycles. The number of carbonyl (C=O) groups excluding carboxylic acids is 1. The lowest BCUT2D eigenvalue weighted by Crippen LogP contribution is -2.21. The van der Waals surface area contributed by atoms with Gasteiger partial charge in [0.25, 0.3) is 0 Å². The molecule has 0 spiro atoms. The molecule has 1 amide bonds. The Hall–Kier alpha value is -0.530. The fraction of sp³-hybridized carbons (Fsp3) is 0.875. The van der Waals surface area contributed by atoms with Crippen LogP contribution in [0.3, 0.4) is 0 Å². The van der Waals surface area contributed by atoms with Crippen molar-refractivity contribution >= 4 is 5.91 Å². The molecular weight excluding hydrogens is 126 g/mol. The number of carbonyl (C=O) groups is 1. The van der Waals surface area contributed by atoms with E-state index in [4.69, 9.17) is 0 Å². The molecule has 0 unspecified atom stereocenters. The molecule has 0 saturated carbocycles. The Morgan fingerprint density at radius 2 is 1.90 bits per heavy atom. The van der Waals surface area contributed by atoms with Crippen molar-refractivity contribution in [2.24, 2.45) is 0 Å². The van der Waals surface area contributed by atoms with Crippen LogP contribution in [0.2, 0.25) is 0 Å². The molecule has 0 aromatic rings. The fourth-order valence-electron chi connectivity index (χ4n) is 0.904. The summed E-state index contributed by atoms with van der Waals surface area (Å²) in [6.07, 6.45) is 4.18. The van der Waals surface area contributed by atoms with E-state index < -0.39 is 0 Å². The van der Waals surface area contributed by atoms with E-state index in [9.17, 15) is 4.79 Å². The fourth-order valence-corrected chi connectivity index (χ4v) is 0.904. The standard InChI is InChI=1S/C6H11NO.C2H6/c8-6-4-2-1-3-5-7-6;1-2/h1-5H2,(H,7,8);1-2H3. The topological polar surface area (TPSA) is 29.1 Å². The van der Waals surface area contributed by atoms with Crippen molar-refractivity contribution in [3.05, 3.63) is 0 Å². The van der Waals surface area contributed by atoms with Crippen molar-refractivity contribution in [1.29, 1.82) is 0 Å². The summed E-state index contributed by atoms with van der Waals surface area (Å²) in [7, 11) is 0. The zero-order valence-corrected chi connectivity index (χ0v) is 6.94. The van der Waals surface area contributed by atoms with Crippen LogP contribution in [0, 0.1) is 0 Å². The lowest BCUT2D eigenvalue weighted by molar-refractivity contribution is -0.120. The lowest BCUT2D eigenvalue weighted by Gasteiger charge is -1.93. The molecule has 10 heavy (non-hydrogen) atoms. The molecule has 1 rings (SSSR count). The molecule has 1 aliphatic rings. The Morgan fingerprint density at radius 1 is 1.20 bits per heavy atom. The smallest absolute Gasteiger partial charge is 0.219 e. The van der Waals surface area contributed by atoms with Crippen molar-refractivity contribution in [3.8, 4) is 0 Å². The second-order valence-corrected chi connectivity index (χ2v) is 2.16. The van der Waals surface area contributed by atoms with Gasteiger partial charge in [-0.3, -0.25) is 4.79 Å². The van der Waals surface area contributed by atoms with Gasteiger partial charge in [0, 0.05) is 13.0 Å². The van der Waals surface area contributed by atoms with Crippen LogP contribution in [0.1, 0.15) is 39.5 Å². The molecule has 1 saturated heterocycles. The first kappa shape index (κ1) is 9.47. The number of nitrogens with one attached hydrogen (secondary N) is 1. The Labute approximate surface area is 63.0 Å². The third-order valence-corrected chi connectivity index (χ3v) is 1.40. The van der Waals surface area contributed by atoms with Gasteiger partial charge in [-0.15, -0.1) is 0 Å². The molecule has 1 fully saturated rings. The van der Waals surface area contributed by atoms with E-state index in [1.165, 1.54) is 6.42 Å². The maximum Gasteiger partial charge on any atom is 0.219 e. The van der Waals surface area contributed by atoms with Gasteiger partial charge < -0.3 is 5.32 Å². The predicted octanol–water partition coefficient (Wildman–Crippen LogP) is 1.70. The van der Waals surface area contributed by atoms with E-state index in [0.29, 0.717) is 0 Å². The van der Waals surface area contributed by atoms with Crippen LogP contribution in [0.4, 0.5) is 0 Å². The van der Waals surface area contributed by atoms with Crippen molar-refractivity contribution in [2.45, 2.75) is 39.5 Å². The maximum absolute atomic E-state index is 10.6.